The van der Waals surface area contributed by atoms with E-state index in [0.717, 1.165) is 44.5 Å². The molecule has 0 unspecified atom stereocenters. The SMILES string of the molecule is COc1ccc(CN[C@H]2C[C@H]3C(=O)NC[C@@H](CCC(=O)NC4CC4)N3C2)cc1. The van der Waals surface area contributed by atoms with E-state index in [4.69, 9.17) is 4.74 Å². The Balaban J connectivity index is 1.28. The lowest BCUT2D eigenvalue weighted by Gasteiger charge is -2.37. The van der Waals surface area contributed by atoms with Crippen LogP contribution in [0.3, 0.4) is 0 Å². The number of hydrogen-bond donors (Lipinski definition) is 3. The Labute approximate surface area is 166 Å². The summed E-state index contributed by atoms with van der Waals surface area (Å²) < 4.78 is 5.20. The highest BCUT2D eigenvalue weighted by molar-refractivity contribution is 5.83. The number of piperazine rings is 1. The summed E-state index contributed by atoms with van der Waals surface area (Å²) in [5, 5.41) is 9.67. The number of rotatable bonds is 8. The Morgan fingerprint density at radius 3 is 2.75 bits per heavy atom. The van der Waals surface area contributed by atoms with Crippen molar-refractivity contribution in [2.45, 2.75) is 62.8 Å². The number of methoxy groups -OCH3 is 1. The number of ether oxygens (including phenoxy) is 1. The van der Waals surface area contributed by atoms with Crippen molar-refractivity contribution >= 4 is 11.8 Å². The monoisotopic (exact) mass is 386 g/mol. The Bertz CT molecular complexity index is 704. The van der Waals surface area contributed by atoms with Crippen molar-refractivity contribution in [2.24, 2.45) is 0 Å². The number of benzene rings is 1. The van der Waals surface area contributed by atoms with Crippen LogP contribution in [0.4, 0.5) is 0 Å². The molecule has 3 atom stereocenters. The molecule has 3 N–H and O–H groups in total. The lowest BCUT2D eigenvalue weighted by Crippen LogP contribution is -2.58. The molecule has 7 nitrogen and oxygen atoms in total. The summed E-state index contributed by atoms with van der Waals surface area (Å²) in [6, 6.07) is 8.88. The van der Waals surface area contributed by atoms with Crippen LogP contribution in [0.5, 0.6) is 5.75 Å². The van der Waals surface area contributed by atoms with Crippen molar-refractivity contribution < 1.29 is 14.3 Å². The van der Waals surface area contributed by atoms with E-state index in [1.54, 1.807) is 7.11 Å². The van der Waals surface area contributed by atoms with Gasteiger partial charge in [-0.1, -0.05) is 12.1 Å². The van der Waals surface area contributed by atoms with Gasteiger partial charge in [0.1, 0.15) is 5.75 Å². The normalized spacial score (nSPS) is 27.2. The first kappa shape index (κ1) is 19.2. The molecule has 1 aromatic rings. The van der Waals surface area contributed by atoms with E-state index in [9.17, 15) is 9.59 Å². The van der Waals surface area contributed by atoms with E-state index in [1.807, 2.05) is 12.1 Å². The van der Waals surface area contributed by atoms with Crippen LogP contribution in [0, 0.1) is 0 Å². The zero-order chi connectivity index (χ0) is 19.5. The van der Waals surface area contributed by atoms with Crippen molar-refractivity contribution in [1.82, 2.24) is 20.9 Å². The highest BCUT2D eigenvalue weighted by Gasteiger charge is 2.43. The lowest BCUT2D eigenvalue weighted by atomic mass is 10.0. The van der Waals surface area contributed by atoms with Gasteiger partial charge in [0.25, 0.3) is 0 Å². The zero-order valence-electron chi connectivity index (χ0n) is 16.4. The number of fused-ring (bicyclic) bond motifs is 1. The van der Waals surface area contributed by atoms with Gasteiger partial charge < -0.3 is 20.7 Å². The van der Waals surface area contributed by atoms with Crippen LogP contribution in [-0.2, 0) is 16.1 Å². The smallest absolute Gasteiger partial charge is 0.237 e. The predicted octanol–water partition coefficient (Wildman–Crippen LogP) is 0.785. The van der Waals surface area contributed by atoms with Gasteiger partial charge >= 0.3 is 0 Å². The second-order valence-electron chi connectivity index (χ2n) is 8.15. The van der Waals surface area contributed by atoms with Crippen LogP contribution >= 0.6 is 0 Å². The molecule has 0 radical (unpaired) electrons. The first-order chi connectivity index (χ1) is 13.6. The maximum Gasteiger partial charge on any atom is 0.237 e. The summed E-state index contributed by atoms with van der Waals surface area (Å²) in [6.07, 6.45) is 4.36. The Hall–Kier alpha value is -2.12. The molecule has 28 heavy (non-hydrogen) atoms. The third-order valence-corrected chi connectivity index (χ3v) is 6.02. The minimum absolute atomic E-state index is 0.0846. The third kappa shape index (κ3) is 4.64. The van der Waals surface area contributed by atoms with E-state index < -0.39 is 0 Å². The average molecular weight is 386 g/mol. The third-order valence-electron chi connectivity index (χ3n) is 6.02. The van der Waals surface area contributed by atoms with Gasteiger partial charge in [0.05, 0.1) is 13.2 Å². The fourth-order valence-electron chi connectivity index (χ4n) is 4.22. The van der Waals surface area contributed by atoms with Crippen molar-refractivity contribution in [3.63, 3.8) is 0 Å². The summed E-state index contributed by atoms with van der Waals surface area (Å²) in [7, 11) is 1.67. The molecule has 7 heteroatoms. The Kier molecular flexibility index (Phi) is 5.82. The van der Waals surface area contributed by atoms with Crippen molar-refractivity contribution in [3.8, 4) is 5.75 Å². The molecule has 0 aromatic heterocycles. The molecule has 2 heterocycles. The van der Waals surface area contributed by atoms with Crippen LogP contribution in [0.15, 0.2) is 24.3 Å². The van der Waals surface area contributed by atoms with Gasteiger partial charge in [-0.2, -0.15) is 0 Å². The predicted molar refractivity (Wildman–Crippen MR) is 106 cm³/mol. The van der Waals surface area contributed by atoms with Crippen LogP contribution in [-0.4, -0.2) is 61.1 Å². The van der Waals surface area contributed by atoms with Crippen LogP contribution in [0.25, 0.3) is 0 Å². The number of hydrogen-bond acceptors (Lipinski definition) is 5. The molecular formula is C21H30N4O3. The van der Waals surface area contributed by atoms with E-state index >= 15 is 0 Å². The van der Waals surface area contributed by atoms with Crippen LogP contribution in [0.2, 0.25) is 0 Å². The van der Waals surface area contributed by atoms with Gasteiger partial charge in [-0.15, -0.1) is 0 Å². The van der Waals surface area contributed by atoms with Crippen molar-refractivity contribution in [3.05, 3.63) is 29.8 Å². The van der Waals surface area contributed by atoms with Crippen LogP contribution in [0.1, 0.15) is 37.7 Å². The summed E-state index contributed by atoms with van der Waals surface area (Å²) in [5.41, 5.74) is 1.20. The quantitative estimate of drug-likeness (QED) is 0.615. The molecule has 2 saturated heterocycles. The molecule has 3 fully saturated rings. The van der Waals surface area contributed by atoms with Gasteiger partial charge in [0.2, 0.25) is 11.8 Å². The van der Waals surface area contributed by atoms with Gasteiger partial charge in [-0.05, 0) is 43.4 Å². The second-order valence-corrected chi connectivity index (χ2v) is 8.15. The maximum atomic E-state index is 12.3. The molecule has 3 aliphatic rings. The van der Waals surface area contributed by atoms with Gasteiger partial charge in [-0.25, -0.2) is 0 Å². The topological polar surface area (TPSA) is 82.7 Å². The first-order valence-corrected chi connectivity index (χ1v) is 10.3. The molecule has 0 spiro atoms. The highest BCUT2D eigenvalue weighted by Crippen LogP contribution is 2.26. The van der Waals surface area contributed by atoms with Gasteiger partial charge in [0.15, 0.2) is 0 Å². The largest absolute Gasteiger partial charge is 0.497 e. The lowest BCUT2D eigenvalue weighted by molar-refractivity contribution is -0.129. The minimum Gasteiger partial charge on any atom is -0.497 e. The van der Waals surface area contributed by atoms with Crippen LogP contribution < -0.4 is 20.7 Å². The van der Waals surface area contributed by atoms with E-state index in [-0.39, 0.29) is 29.9 Å². The number of amides is 2. The summed E-state index contributed by atoms with van der Waals surface area (Å²) >= 11 is 0. The minimum atomic E-state index is -0.0846. The molecule has 2 aliphatic heterocycles. The zero-order valence-corrected chi connectivity index (χ0v) is 16.4. The van der Waals surface area contributed by atoms with E-state index in [2.05, 4.69) is 33.0 Å². The maximum absolute atomic E-state index is 12.3. The van der Waals surface area contributed by atoms with Crippen molar-refractivity contribution in [2.75, 3.05) is 20.2 Å². The van der Waals surface area contributed by atoms with Gasteiger partial charge in [0, 0.05) is 44.2 Å². The standard InChI is InChI=1S/C21H30N4O3/c1-28-18-7-2-14(3-8-18)11-22-16-10-19-21(27)23-12-17(25(19)13-16)6-9-20(26)24-15-4-5-15/h2-3,7-8,15-17,19,22H,4-6,9-13H2,1H3,(H,23,27)(H,24,26)/t16-,17+,19-/m0/s1. The molecule has 152 valence electrons. The van der Waals surface area contributed by atoms with Crippen molar-refractivity contribution in [1.29, 1.82) is 0 Å². The summed E-state index contributed by atoms with van der Waals surface area (Å²) in [5.74, 6) is 1.11. The molecule has 1 aliphatic carbocycles. The molecule has 0 bridgehead atoms. The fourth-order valence-corrected chi connectivity index (χ4v) is 4.22. The molecule has 1 aromatic carbocycles. The Morgan fingerprint density at radius 1 is 1.25 bits per heavy atom. The second kappa shape index (κ2) is 8.49. The van der Waals surface area contributed by atoms with E-state index in [1.165, 1.54) is 5.56 Å². The first-order valence-electron chi connectivity index (χ1n) is 10.3. The molecule has 4 rings (SSSR count). The number of nitrogens with one attached hydrogen (secondary N) is 3. The highest BCUT2D eigenvalue weighted by atomic mass is 16.5. The number of carbonyl (C=O) groups is 2. The molecular weight excluding hydrogens is 356 g/mol. The summed E-state index contributed by atoms with van der Waals surface area (Å²) in [6.45, 7) is 2.26. The number of carbonyl (C=O) groups excluding carboxylic acids is 2. The Morgan fingerprint density at radius 2 is 2.04 bits per heavy atom. The fraction of sp³-hybridized carbons (Fsp3) is 0.619. The van der Waals surface area contributed by atoms with Gasteiger partial charge in [-0.3, -0.25) is 14.5 Å². The number of nitrogens with zero attached hydrogens (tertiary/aromatic N) is 1. The molecule has 1 saturated carbocycles. The average Bonchev–Trinajstić information content (AvgIpc) is 3.41. The molecule has 2 amide bonds. The summed E-state index contributed by atoms with van der Waals surface area (Å²) in [4.78, 5) is 26.7. The van der Waals surface area contributed by atoms with E-state index in [0.29, 0.717) is 19.0 Å².